The highest BCUT2D eigenvalue weighted by atomic mass is 32.2. The summed E-state index contributed by atoms with van der Waals surface area (Å²) >= 11 is 0. The van der Waals surface area contributed by atoms with Crippen molar-refractivity contribution in [3.8, 4) is 0 Å². The molecule has 0 radical (unpaired) electrons. The van der Waals surface area contributed by atoms with Crippen molar-refractivity contribution >= 4 is 33.0 Å². The van der Waals surface area contributed by atoms with Crippen LogP contribution in [0.3, 0.4) is 0 Å². The van der Waals surface area contributed by atoms with Crippen LogP contribution in [0.2, 0.25) is 0 Å². The molecule has 7 nitrogen and oxygen atoms in total. The van der Waals surface area contributed by atoms with Gasteiger partial charge in [0.15, 0.2) is 9.84 Å². The molecule has 1 atom stereocenters. The Morgan fingerprint density at radius 1 is 1.17 bits per heavy atom. The molecule has 0 aliphatic carbocycles. The standard InChI is InChI=1S/C15H21N3O4S/c1-11(19)16-12-3-5-13(6-4-12)17-15(20)9-18(2)14-7-8-23(21,22)10-14/h3-6,14H,7-10H2,1-2H3,(H,16,19)(H,17,20). The molecule has 1 aliphatic heterocycles. The normalized spacial score (nSPS) is 19.5. The van der Waals surface area contributed by atoms with Crippen LogP contribution >= 0.6 is 0 Å². The summed E-state index contributed by atoms with van der Waals surface area (Å²) in [6, 6.07) is 6.69. The summed E-state index contributed by atoms with van der Waals surface area (Å²) in [6.07, 6.45) is 0.567. The lowest BCUT2D eigenvalue weighted by Crippen LogP contribution is -2.38. The zero-order valence-electron chi connectivity index (χ0n) is 13.2. The van der Waals surface area contributed by atoms with Crippen molar-refractivity contribution in [2.45, 2.75) is 19.4 Å². The number of carbonyl (C=O) groups excluding carboxylic acids is 2. The number of nitrogens with one attached hydrogen (secondary N) is 2. The molecular weight excluding hydrogens is 318 g/mol. The van der Waals surface area contributed by atoms with Gasteiger partial charge in [-0.15, -0.1) is 0 Å². The number of carbonyl (C=O) groups is 2. The number of likely N-dealkylation sites (N-methyl/N-ethyl adjacent to an activating group) is 1. The fourth-order valence-electron chi connectivity index (χ4n) is 2.52. The number of hydrogen-bond donors (Lipinski definition) is 2. The van der Waals surface area contributed by atoms with E-state index in [1.807, 2.05) is 0 Å². The van der Waals surface area contributed by atoms with Crippen LogP contribution in [0.5, 0.6) is 0 Å². The molecule has 0 aromatic heterocycles. The Balaban J connectivity index is 1.86. The number of nitrogens with zero attached hydrogens (tertiary/aromatic N) is 1. The second kappa shape index (κ2) is 7.10. The molecule has 2 N–H and O–H groups in total. The van der Waals surface area contributed by atoms with Gasteiger partial charge in [-0.25, -0.2) is 8.42 Å². The quantitative estimate of drug-likeness (QED) is 0.823. The maximum absolute atomic E-state index is 12.0. The number of anilines is 2. The zero-order valence-corrected chi connectivity index (χ0v) is 14.0. The monoisotopic (exact) mass is 339 g/mol. The number of amides is 2. The minimum atomic E-state index is -2.96. The lowest BCUT2D eigenvalue weighted by Gasteiger charge is -2.22. The van der Waals surface area contributed by atoms with Crippen molar-refractivity contribution in [1.29, 1.82) is 0 Å². The van der Waals surface area contributed by atoms with E-state index < -0.39 is 9.84 Å². The van der Waals surface area contributed by atoms with Gasteiger partial charge in [-0.05, 0) is 37.7 Å². The van der Waals surface area contributed by atoms with Gasteiger partial charge in [0.05, 0.1) is 18.1 Å². The van der Waals surface area contributed by atoms with Gasteiger partial charge in [0.1, 0.15) is 0 Å². The molecule has 1 unspecified atom stereocenters. The van der Waals surface area contributed by atoms with Crippen molar-refractivity contribution in [1.82, 2.24) is 4.90 Å². The number of hydrogen-bond acceptors (Lipinski definition) is 5. The van der Waals surface area contributed by atoms with Crippen molar-refractivity contribution in [3.05, 3.63) is 24.3 Å². The summed E-state index contributed by atoms with van der Waals surface area (Å²) in [5.41, 5.74) is 1.28. The third kappa shape index (κ3) is 5.33. The largest absolute Gasteiger partial charge is 0.326 e. The molecular formula is C15H21N3O4S. The van der Waals surface area contributed by atoms with Crippen LogP contribution in [0.25, 0.3) is 0 Å². The van der Waals surface area contributed by atoms with Gasteiger partial charge in [-0.3, -0.25) is 14.5 Å². The van der Waals surface area contributed by atoms with Gasteiger partial charge in [-0.2, -0.15) is 0 Å². The van der Waals surface area contributed by atoms with Crippen LogP contribution in [-0.4, -0.2) is 56.3 Å². The van der Waals surface area contributed by atoms with E-state index >= 15 is 0 Å². The molecule has 23 heavy (non-hydrogen) atoms. The van der Waals surface area contributed by atoms with E-state index in [4.69, 9.17) is 0 Å². The zero-order chi connectivity index (χ0) is 17.0. The topological polar surface area (TPSA) is 95.6 Å². The first kappa shape index (κ1) is 17.4. The Labute approximate surface area is 136 Å². The van der Waals surface area contributed by atoms with E-state index in [-0.39, 0.29) is 35.9 Å². The van der Waals surface area contributed by atoms with Crippen molar-refractivity contribution in [2.75, 3.05) is 35.7 Å². The van der Waals surface area contributed by atoms with Gasteiger partial charge >= 0.3 is 0 Å². The van der Waals surface area contributed by atoms with Crippen LogP contribution in [0, 0.1) is 0 Å². The summed E-state index contributed by atoms with van der Waals surface area (Å²) in [6.45, 7) is 1.56. The predicted octanol–water partition coefficient (Wildman–Crippen LogP) is 0.702. The van der Waals surface area contributed by atoms with Crippen molar-refractivity contribution in [3.63, 3.8) is 0 Å². The molecule has 1 aromatic rings. The molecule has 1 aromatic carbocycles. The summed E-state index contributed by atoms with van der Waals surface area (Å²) in [5.74, 6) is -0.0600. The van der Waals surface area contributed by atoms with E-state index in [2.05, 4.69) is 10.6 Å². The van der Waals surface area contributed by atoms with E-state index in [9.17, 15) is 18.0 Å². The molecule has 1 saturated heterocycles. The fraction of sp³-hybridized carbons (Fsp3) is 0.467. The maximum Gasteiger partial charge on any atom is 0.238 e. The molecule has 0 spiro atoms. The van der Waals surface area contributed by atoms with Gasteiger partial charge < -0.3 is 10.6 Å². The first-order chi connectivity index (χ1) is 10.7. The predicted molar refractivity (Wildman–Crippen MR) is 89.1 cm³/mol. The molecule has 126 valence electrons. The molecule has 2 rings (SSSR count). The van der Waals surface area contributed by atoms with Crippen LogP contribution in [0.1, 0.15) is 13.3 Å². The summed E-state index contributed by atoms with van der Waals surface area (Å²) in [7, 11) is -1.20. The van der Waals surface area contributed by atoms with Crippen LogP contribution in [0.4, 0.5) is 11.4 Å². The molecule has 1 heterocycles. The molecule has 8 heteroatoms. The average Bonchev–Trinajstić information content (AvgIpc) is 2.81. The Kier molecular flexibility index (Phi) is 5.38. The highest BCUT2D eigenvalue weighted by molar-refractivity contribution is 7.91. The maximum atomic E-state index is 12.0. The molecule has 0 bridgehead atoms. The van der Waals surface area contributed by atoms with Gasteiger partial charge in [0.2, 0.25) is 11.8 Å². The van der Waals surface area contributed by atoms with E-state index in [1.54, 1.807) is 36.2 Å². The van der Waals surface area contributed by atoms with E-state index in [1.165, 1.54) is 6.92 Å². The van der Waals surface area contributed by atoms with Crippen LogP contribution in [-0.2, 0) is 19.4 Å². The summed E-state index contributed by atoms with van der Waals surface area (Å²) in [5, 5.41) is 5.40. The van der Waals surface area contributed by atoms with E-state index in [0.717, 1.165) is 0 Å². The van der Waals surface area contributed by atoms with Crippen LogP contribution in [0.15, 0.2) is 24.3 Å². The first-order valence-electron chi connectivity index (χ1n) is 7.33. The molecule has 1 aliphatic rings. The second-order valence-corrected chi connectivity index (χ2v) is 8.01. The number of rotatable bonds is 5. The Hall–Kier alpha value is -1.93. The van der Waals surface area contributed by atoms with Crippen molar-refractivity contribution < 1.29 is 18.0 Å². The summed E-state index contributed by atoms with van der Waals surface area (Å²) < 4.78 is 22.9. The first-order valence-corrected chi connectivity index (χ1v) is 9.15. The number of sulfone groups is 1. The Bertz CT molecular complexity index is 685. The lowest BCUT2D eigenvalue weighted by atomic mass is 10.2. The Morgan fingerprint density at radius 2 is 1.74 bits per heavy atom. The third-order valence-corrected chi connectivity index (χ3v) is 5.46. The van der Waals surface area contributed by atoms with Gasteiger partial charge in [0.25, 0.3) is 0 Å². The smallest absolute Gasteiger partial charge is 0.238 e. The molecule has 1 fully saturated rings. The average molecular weight is 339 g/mol. The van der Waals surface area contributed by atoms with Crippen molar-refractivity contribution in [2.24, 2.45) is 0 Å². The Morgan fingerprint density at radius 3 is 2.22 bits per heavy atom. The minimum Gasteiger partial charge on any atom is -0.326 e. The fourth-order valence-corrected chi connectivity index (χ4v) is 4.32. The molecule has 0 saturated carbocycles. The number of benzene rings is 1. The lowest BCUT2D eigenvalue weighted by molar-refractivity contribution is -0.117. The third-order valence-electron chi connectivity index (χ3n) is 3.71. The van der Waals surface area contributed by atoms with Crippen LogP contribution < -0.4 is 10.6 Å². The second-order valence-electron chi connectivity index (χ2n) is 5.78. The minimum absolute atomic E-state index is 0.104. The highest BCUT2D eigenvalue weighted by Crippen LogP contribution is 2.17. The highest BCUT2D eigenvalue weighted by Gasteiger charge is 2.31. The SMILES string of the molecule is CC(=O)Nc1ccc(NC(=O)CN(C)C2CCS(=O)(=O)C2)cc1. The van der Waals surface area contributed by atoms with Gasteiger partial charge in [-0.1, -0.05) is 0 Å². The van der Waals surface area contributed by atoms with Gasteiger partial charge in [0, 0.05) is 24.3 Å². The molecule has 2 amide bonds. The summed E-state index contributed by atoms with van der Waals surface area (Å²) in [4.78, 5) is 24.7. The van der Waals surface area contributed by atoms with E-state index in [0.29, 0.717) is 17.8 Å².